The number of terminal acetylenes is 1. The second-order valence-electron chi connectivity index (χ2n) is 5.33. The summed E-state index contributed by atoms with van der Waals surface area (Å²) >= 11 is 0. The van der Waals surface area contributed by atoms with Crippen LogP contribution in [0.25, 0.3) is 0 Å². The first kappa shape index (κ1) is 16.8. The number of hydrogen-bond acceptors (Lipinski definition) is 4. The molecule has 1 aliphatic rings. The molecule has 1 saturated heterocycles. The highest BCUT2D eigenvalue weighted by Gasteiger charge is 2.32. The summed E-state index contributed by atoms with van der Waals surface area (Å²) in [7, 11) is -3.18. The maximum Gasteiger partial charge on any atom is 0.215 e. The van der Waals surface area contributed by atoms with Crippen LogP contribution in [-0.2, 0) is 16.6 Å². The monoisotopic (exact) mass is 322 g/mol. The molecule has 22 heavy (non-hydrogen) atoms. The van der Waals surface area contributed by atoms with Crippen molar-refractivity contribution in [3.8, 4) is 18.1 Å². The summed E-state index contributed by atoms with van der Waals surface area (Å²) in [5, 5.41) is -0.314. The van der Waals surface area contributed by atoms with Gasteiger partial charge in [0.1, 0.15) is 12.4 Å². The lowest BCUT2D eigenvalue weighted by Crippen LogP contribution is -2.36. The van der Waals surface area contributed by atoms with Crippen molar-refractivity contribution in [2.75, 3.05) is 26.2 Å². The van der Waals surface area contributed by atoms with Crippen LogP contribution in [0.5, 0.6) is 5.75 Å². The molecule has 0 saturated carbocycles. The average molecular weight is 322 g/mol. The van der Waals surface area contributed by atoms with E-state index in [0.29, 0.717) is 19.5 Å². The number of nitrogens with one attached hydrogen (secondary N) is 1. The molecular formula is C16H22N2O3S. The average Bonchev–Trinajstić information content (AvgIpc) is 2.96. The zero-order valence-electron chi connectivity index (χ0n) is 12.8. The molecule has 0 aliphatic carbocycles. The van der Waals surface area contributed by atoms with Crippen molar-refractivity contribution in [2.24, 2.45) is 0 Å². The van der Waals surface area contributed by atoms with Crippen molar-refractivity contribution >= 4 is 10.0 Å². The SMILES string of the molecule is C#CCOc1ccc(CN2CCC(S(=O)(=O)NCC)C2)cc1. The zero-order chi connectivity index (χ0) is 16.0. The van der Waals surface area contributed by atoms with Gasteiger partial charge in [0.15, 0.2) is 0 Å². The van der Waals surface area contributed by atoms with Gasteiger partial charge in [-0.15, -0.1) is 6.42 Å². The van der Waals surface area contributed by atoms with Crippen LogP contribution >= 0.6 is 0 Å². The largest absolute Gasteiger partial charge is 0.481 e. The van der Waals surface area contributed by atoms with E-state index >= 15 is 0 Å². The molecule has 1 atom stereocenters. The normalized spacial score (nSPS) is 19.0. The molecule has 120 valence electrons. The van der Waals surface area contributed by atoms with Crippen LogP contribution < -0.4 is 9.46 Å². The highest BCUT2D eigenvalue weighted by Crippen LogP contribution is 2.20. The van der Waals surface area contributed by atoms with E-state index in [-0.39, 0.29) is 11.9 Å². The third-order valence-corrected chi connectivity index (χ3v) is 5.62. The van der Waals surface area contributed by atoms with E-state index in [2.05, 4.69) is 15.5 Å². The zero-order valence-corrected chi connectivity index (χ0v) is 13.6. The second kappa shape index (κ2) is 7.63. The summed E-state index contributed by atoms with van der Waals surface area (Å²) in [6.07, 6.45) is 5.83. The topological polar surface area (TPSA) is 58.6 Å². The van der Waals surface area contributed by atoms with Crippen LogP contribution in [0.4, 0.5) is 0 Å². The van der Waals surface area contributed by atoms with Crippen LogP contribution in [-0.4, -0.2) is 44.8 Å². The first-order valence-electron chi connectivity index (χ1n) is 7.41. The van der Waals surface area contributed by atoms with Crippen LogP contribution in [0, 0.1) is 12.3 Å². The van der Waals surface area contributed by atoms with Gasteiger partial charge >= 0.3 is 0 Å². The second-order valence-corrected chi connectivity index (χ2v) is 7.37. The summed E-state index contributed by atoms with van der Waals surface area (Å²) in [6.45, 7) is 4.62. The smallest absolute Gasteiger partial charge is 0.215 e. The Balaban J connectivity index is 1.89. The Labute approximate surface area is 132 Å². The fourth-order valence-corrected chi connectivity index (χ4v) is 4.05. The fraction of sp³-hybridized carbons (Fsp3) is 0.500. The number of likely N-dealkylation sites (tertiary alicyclic amines) is 1. The Kier molecular flexibility index (Phi) is 5.83. The van der Waals surface area contributed by atoms with Crippen molar-refractivity contribution < 1.29 is 13.2 Å². The molecule has 0 aromatic heterocycles. The summed E-state index contributed by atoms with van der Waals surface area (Å²) in [5.41, 5.74) is 1.13. The van der Waals surface area contributed by atoms with E-state index in [9.17, 15) is 8.42 Å². The van der Waals surface area contributed by atoms with Gasteiger partial charge in [-0.1, -0.05) is 25.0 Å². The van der Waals surface area contributed by atoms with E-state index in [1.54, 1.807) is 6.92 Å². The number of hydrogen-bond donors (Lipinski definition) is 1. The molecule has 1 aromatic rings. The van der Waals surface area contributed by atoms with Crippen molar-refractivity contribution in [2.45, 2.75) is 25.1 Å². The van der Waals surface area contributed by atoms with Gasteiger partial charge in [-0.25, -0.2) is 13.1 Å². The Morgan fingerprint density at radius 3 is 2.77 bits per heavy atom. The van der Waals surface area contributed by atoms with Gasteiger partial charge in [-0.2, -0.15) is 0 Å². The maximum absolute atomic E-state index is 12.0. The lowest BCUT2D eigenvalue weighted by Gasteiger charge is -2.16. The summed E-state index contributed by atoms with van der Waals surface area (Å²) in [6, 6.07) is 7.74. The third kappa shape index (κ3) is 4.47. The number of benzene rings is 1. The maximum atomic E-state index is 12.0. The van der Waals surface area contributed by atoms with Crippen molar-refractivity contribution in [1.29, 1.82) is 0 Å². The van der Waals surface area contributed by atoms with Crippen molar-refractivity contribution in [1.82, 2.24) is 9.62 Å². The quantitative estimate of drug-likeness (QED) is 0.767. The Morgan fingerprint density at radius 2 is 2.14 bits per heavy atom. The van der Waals surface area contributed by atoms with E-state index in [1.807, 2.05) is 24.3 Å². The molecule has 1 unspecified atom stereocenters. The lowest BCUT2D eigenvalue weighted by atomic mass is 10.2. The molecular weight excluding hydrogens is 300 g/mol. The van der Waals surface area contributed by atoms with E-state index in [4.69, 9.17) is 11.2 Å². The van der Waals surface area contributed by atoms with Crippen LogP contribution in [0.1, 0.15) is 18.9 Å². The summed E-state index contributed by atoms with van der Waals surface area (Å²) < 4.78 is 31.9. The molecule has 5 nitrogen and oxygen atoms in total. The van der Waals surface area contributed by atoms with Gasteiger partial charge in [0.25, 0.3) is 0 Å². The van der Waals surface area contributed by atoms with E-state index in [0.717, 1.165) is 24.4 Å². The number of rotatable bonds is 7. The molecule has 2 rings (SSSR count). The minimum Gasteiger partial charge on any atom is -0.481 e. The molecule has 1 N–H and O–H groups in total. The Hall–Kier alpha value is -1.55. The predicted octanol–water partition coefficient (Wildman–Crippen LogP) is 1.21. The molecule has 1 aliphatic heterocycles. The van der Waals surface area contributed by atoms with Gasteiger partial charge in [-0.3, -0.25) is 4.90 Å². The molecule has 0 amide bonds. The summed E-state index contributed by atoms with van der Waals surface area (Å²) in [4.78, 5) is 2.16. The molecule has 1 aromatic carbocycles. The van der Waals surface area contributed by atoms with E-state index < -0.39 is 10.0 Å². The van der Waals surface area contributed by atoms with Gasteiger partial charge in [-0.05, 0) is 30.7 Å². The fourth-order valence-electron chi connectivity index (χ4n) is 2.59. The molecule has 0 bridgehead atoms. The van der Waals surface area contributed by atoms with Crippen LogP contribution in [0.3, 0.4) is 0 Å². The van der Waals surface area contributed by atoms with Gasteiger partial charge < -0.3 is 4.74 Å². The standard InChI is InChI=1S/C16H22N2O3S/c1-3-11-21-15-7-5-14(6-8-15)12-18-10-9-16(13-18)22(19,20)17-4-2/h1,5-8,16-17H,4,9-13H2,2H3. The predicted molar refractivity (Wildman–Crippen MR) is 87.0 cm³/mol. The minimum atomic E-state index is -3.18. The lowest BCUT2D eigenvalue weighted by molar-refractivity contribution is 0.330. The molecule has 1 fully saturated rings. The van der Waals surface area contributed by atoms with Gasteiger partial charge in [0, 0.05) is 19.6 Å². The van der Waals surface area contributed by atoms with Gasteiger partial charge in [0.2, 0.25) is 10.0 Å². The Morgan fingerprint density at radius 1 is 1.41 bits per heavy atom. The number of nitrogens with zero attached hydrogens (tertiary/aromatic N) is 1. The number of sulfonamides is 1. The van der Waals surface area contributed by atoms with E-state index in [1.165, 1.54) is 0 Å². The first-order chi connectivity index (χ1) is 10.5. The van der Waals surface area contributed by atoms with Gasteiger partial charge in [0.05, 0.1) is 5.25 Å². The van der Waals surface area contributed by atoms with Crippen LogP contribution in [0.15, 0.2) is 24.3 Å². The first-order valence-corrected chi connectivity index (χ1v) is 8.96. The highest BCUT2D eigenvalue weighted by atomic mass is 32.2. The molecule has 6 heteroatoms. The van der Waals surface area contributed by atoms with Crippen molar-refractivity contribution in [3.05, 3.63) is 29.8 Å². The minimum absolute atomic E-state index is 0.259. The molecule has 0 radical (unpaired) electrons. The van der Waals surface area contributed by atoms with Crippen molar-refractivity contribution in [3.63, 3.8) is 0 Å². The third-order valence-electron chi connectivity index (χ3n) is 3.67. The number of ether oxygens (including phenoxy) is 1. The molecule has 0 spiro atoms. The highest BCUT2D eigenvalue weighted by molar-refractivity contribution is 7.90. The molecule has 1 heterocycles. The Bertz CT molecular complexity index is 620. The summed E-state index contributed by atoms with van der Waals surface area (Å²) in [5.74, 6) is 3.17. The van der Waals surface area contributed by atoms with Crippen LogP contribution in [0.2, 0.25) is 0 Å².